The highest BCUT2D eigenvalue weighted by atomic mass is 35.5. The number of benzene rings is 1. The van der Waals surface area contributed by atoms with Crippen LogP contribution in [0.2, 0.25) is 5.02 Å². The fourth-order valence-corrected chi connectivity index (χ4v) is 3.75. The first kappa shape index (κ1) is 16.6. The molecule has 3 rings (SSSR count). The molecule has 1 aromatic rings. The second kappa shape index (κ2) is 6.70. The van der Waals surface area contributed by atoms with Gasteiger partial charge in [-0.3, -0.25) is 4.79 Å². The summed E-state index contributed by atoms with van der Waals surface area (Å²) in [6.45, 7) is 6.12. The van der Waals surface area contributed by atoms with Gasteiger partial charge in [0.2, 0.25) is 0 Å². The third-order valence-electron chi connectivity index (χ3n) is 4.96. The molecule has 2 aliphatic rings. The van der Waals surface area contributed by atoms with E-state index >= 15 is 0 Å². The van der Waals surface area contributed by atoms with Gasteiger partial charge in [0.15, 0.2) is 6.10 Å². The van der Waals surface area contributed by atoms with Crippen molar-refractivity contribution in [3.8, 4) is 5.75 Å². The molecule has 1 atom stereocenters. The summed E-state index contributed by atoms with van der Waals surface area (Å²) in [5.41, 5.74) is 0.974. The van der Waals surface area contributed by atoms with E-state index < -0.39 is 6.10 Å². The Balaban J connectivity index is 1.57. The number of halogens is 1. The van der Waals surface area contributed by atoms with E-state index in [0.29, 0.717) is 10.8 Å². The van der Waals surface area contributed by atoms with Gasteiger partial charge in [-0.05, 0) is 63.3 Å². The lowest BCUT2D eigenvalue weighted by atomic mass is 9.88. The minimum absolute atomic E-state index is 0.0354. The van der Waals surface area contributed by atoms with Crippen LogP contribution in [-0.2, 0) is 9.53 Å². The van der Waals surface area contributed by atoms with Gasteiger partial charge in [-0.25, -0.2) is 0 Å². The van der Waals surface area contributed by atoms with Crippen LogP contribution in [0, 0.1) is 6.92 Å². The van der Waals surface area contributed by atoms with E-state index in [-0.39, 0.29) is 11.5 Å². The van der Waals surface area contributed by atoms with Crippen molar-refractivity contribution >= 4 is 17.5 Å². The monoisotopic (exact) mass is 337 g/mol. The number of hydrogen-bond donors (Lipinski definition) is 0. The predicted molar refractivity (Wildman–Crippen MR) is 90.0 cm³/mol. The number of amides is 1. The summed E-state index contributed by atoms with van der Waals surface area (Å²) in [4.78, 5) is 14.5. The maximum Gasteiger partial charge on any atom is 0.263 e. The maximum absolute atomic E-state index is 12.6. The second-order valence-electron chi connectivity index (χ2n) is 6.63. The summed E-state index contributed by atoms with van der Waals surface area (Å²) >= 11 is 5.95. The highest BCUT2D eigenvalue weighted by Crippen LogP contribution is 2.35. The van der Waals surface area contributed by atoms with E-state index in [9.17, 15) is 4.79 Å². The number of aryl methyl sites for hydroxylation is 1. The van der Waals surface area contributed by atoms with E-state index in [0.717, 1.165) is 50.9 Å². The summed E-state index contributed by atoms with van der Waals surface area (Å²) in [5.74, 6) is 0.759. The smallest absolute Gasteiger partial charge is 0.263 e. The second-order valence-corrected chi connectivity index (χ2v) is 7.07. The normalized spacial score (nSPS) is 21.4. The molecule has 2 heterocycles. The zero-order valence-electron chi connectivity index (χ0n) is 13.8. The molecular formula is C18H24ClNO3. The maximum atomic E-state index is 12.6. The van der Waals surface area contributed by atoms with Crippen LogP contribution in [0.15, 0.2) is 18.2 Å². The molecule has 0 radical (unpaired) electrons. The van der Waals surface area contributed by atoms with Gasteiger partial charge in [-0.15, -0.1) is 0 Å². The topological polar surface area (TPSA) is 38.8 Å². The van der Waals surface area contributed by atoms with Crippen LogP contribution in [0.5, 0.6) is 5.75 Å². The number of carbonyl (C=O) groups excluding carboxylic acids is 1. The highest BCUT2D eigenvalue weighted by Gasteiger charge is 2.40. The summed E-state index contributed by atoms with van der Waals surface area (Å²) in [6, 6.07) is 5.44. The summed E-state index contributed by atoms with van der Waals surface area (Å²) in [7, 11) is 0. The molecule has 4 nitrogen and oxygen atoms in total. The Morgan fingerprint density at radius 1 is 1.35 bits per heavy atom. The lowest BCUT2D eigenvalue weighted by molar-refractivity contribution is -0.142. The number of hydrogen-bond acceptors (Lipinski definition) is 3. The average Bonchev–Trinajstić information content (AvgIpc) is 2.98. The van der Waals surface area contributed by atoms with Crippen LogP contribution in [0.25, 0.3) is 0 Å². The van der Waals surface area contributed by atoms with Crippen LogP contribution in [0.4, 0.5) is 0 Å². The molecule has 2 aliphatic heterocycles. The largest absolute Gasteiger partial charge is 0.481 e. The minimum Gasteiger partial charge on any atom is -0.481 e. The van der Waals surface area contributed by atoms with Crippen LogP contribution >= 0.6 is 11.6 Å². The van der Waals surface area contributed by atoms with Crippen LogP contribution in [-0.4, -0.2) is 42.2 Å². The number of nitrogens with zero attached hydrogens (tertiary/aromatic N) is 1. The minimum atomic E-state index is -0.492. The lowest BCUT2D eigenvalue weighted by Gasteiger charge is -2.39. The van der Waals surface area contributed by atoms with Gasteiger partial charge < -0.3 is 14.4 Å². The Labute approximate surface area is 142 Å². The van der Waals surface area contributed by atoms with Gasteiger partial charge in [-0.1, -0.05) is 11.6 Å². The Morgan fingerprint density at radius 2 is 2.09 bits per heavy atom. The number of piperidine rings is 1. The zero-order chi connectivity index (χ0) is 16.4. The Kier molecular flexibility index (Phi) is 4.83. The van der Waals surface area contributed by atoms with Crippen molar-refractivity contribution in [2.24, 2.45) is 0 Å². The Bertz CT molecular complexity index is 574. The first-order valence-corrected chi connectivity index (χ1v) is 8.72. The lowest BCUT2D eigenvalue weighted by Crippen LogP contribution is -2.49. The van der Waals surface area contributed by atoms with Crippen molar-refractivity contribution in [2.75, 3.05) is 19.7 Å². The molecule has 0 saturated carbocycles. The van der Waals surface area contributed by atoms with Gasteiger partial charge in [0.05, 0.1) is 5.60 Å². The van der Waals surface area contributed by atoms with E-state index in [2.05, 4.69) is 0 Å². The fraction of sp³-hybridized carbons (Fsp3) is 0.611. The van der Waals surface area contributed by atoms with Gasteiger partial charge in [0.1, 0.15) is 5.75 Å². The first-order chi connectivity index (χ1) is 11.0. The van der Waals surface area contributed by atoms with Gasteiger partial charge in [0, 0.05) is 24.7 Å². The van der Waals surface area contributed by atoms with Crippen molar-refractivity contribution in [1.82, 2.24) is 4.90 Å². The number of likely N-dealkylation sites (tertiary alicyclic amines) is 1. The molecule has 126 valence electrons. The Hall–Kier alpha value is -1.26. The molecule has 1 aromatic carbocycles. The number of rotatable bonds is 3. The van der Waals surface area contributed by atoms with Gasteiger partial charge >= 0.3 is 0 Å². The summed E-state index contributed by atoms with van der Waals surface area (Å²) in [5, 5.41) is 0.673. The molecule has 23 heavy (non-hydrogen) atoms. The first-order valence-electron chi connectivity index (χ1n) is 8.35. The molecule has 0 N–H and O–H groups in total. The molecule has 1 amide bonds. The predicted octanol–water partition coefficient (Wildman–Crippen LogP) is 3.59. The van der Waals surface area contributed by atoms with E-state index in [1.165, 1.54) is 0 Å². The zero-order valence-corrected chi connectivity index (χ0v) is 14.6. The SMILES string of the molecule is Cc1cc(Cl)ccc1OC(C)C(=O)N1CCC2(CCCO2)CC1. The molecule has 5 heteroatoms. The van der Waals surface area contributed by atoms with Crippen molar-refractivity contribution in [1.29, 1.82) is 0 Å². The van der Waals surface area contributed by atoms with Crippen molar-refractivity contribution in [3.05, 3.63) is 28.8 Å². The van der Waals surface area contributed by atoms with Gasteiger partial charge in [-0.2, -0.15) is 0 Å². The van der Waals surface area contributed by atoms with Crippen LogP contribution < -0.4 is 4.74 Å². The van der Waals surface area contributed by atoms with E-state index in [1.54, 1.807) is 6.07 Å². The van der Waals surface area contributed by atoms with Crippen molar-refractivity contribution in [2.45, 2.75) is 51.2 Å². The molecule has 2 saturated heterocycles. The summed E-state index contributed by atoms with van der Waals surface area (Å²) in [6.07, 6.45) is 3.65. The Morgan fingerprint density at radius 3 is 2.70 bits per heavy atom. The van der Waals surface area contributed by atoms with Crippen molar-refractivity contribution in [3.63, 3.8) is 0 Å². The fourth-order valence-electron chi connectivity index (χ4n) is 3.53. The van der Waals surface area contributed by atoms with E-state index in [1.807, 2.05) is 30.9 Å². The molecule has 1 spiro atoms. The molecular weight excluding hydrogens is 314 g/mol. The highest BCUT2D eigenvalue weighted by molar-refractivity contribution is 6.30. The average molecular weight is 338 g/mol. The van der Waals surface area contributed by atoms with E-state index in [4.69, 9.17) is 21.1 Å². The third kappa shape index (κ3) is 3.64. The quantitative estimate of drug-likeness (QED) is 0.846. The standard InChI is InChI=1S/C18H24ClNO3/c1-13-12-15(19)4-5-16(13)23-14(2)17(21)20-9-7-18(8-10-20)6-3-11-22-18/h4-5,12,14H,3,6-11H2,1-2H3. The number of ether oxygens (including phenoxy) is 2. The molecule has 1 unspecified atom stereocenters. The molecule has 0 aliphatic carbocycles. The molecule has 0 bridgehead atoms. The number of carbonyl (C=O) groups is 1. The third-order valence-corrected chi connectivity index (χ3v) is 5.19. The van der Waals surface area contributed by atoms with Crippen LogP contribution in [0.1, 0.15) is 38.2 Å². The molecule has 2 fully saturated rings. The molecule has 0 aromatic heterocycles. The summed E-state index contributed by atoms with van der Waals surface area (Å²) < 4.78 is 11.8. The van der Waals surface area contributed by atoms with Crippen molar-refractivity contribution < 1.29 is 14.3 Å². The van der Waals surface area contributed by atoms with Crippen LogP contribution in [0.3, 0.4) is 0 Å². The van der Waals surface area contributed by atoms with Gasteiger partial charge in [0.25, 0.3) is 5.91 Å².